The molecule has 0 aliphatic carbocycles. The van der Waals surface area contributed by atoms with E-state index in [1.165, 1.54) is 16.7 Å². The van der Waals surface area contributed by atoms with Crippen LogP contribution in [0.3, 0.4) is 0 Å². The summed E-state index contributed by atoms with van der Waals surface area (Å²) in [5, 5.41) is 0.544. The van der Waals surface area contributed by atoms with Gasteiger partial charge in [-0.3, -0.25) is 9.59 Å². The molecule has 6 heteroatoms. The van der Waals surface area contributed by atoms with Gasteiger partial charge in [-0.15, -0.1) is 11.8 Å². The lowest BCUT2D eigenvalue weighted by molar-refractivity contribution is -0.124. The SMILES string of the molecule is Cc1cc(Br)c(N2C(=O)CSCC2=O)cc1Cl. The fourth-order valence-corrected chi connectivity index (χ4v) is 3.07. The van der Waals surface area contributed by atoms with Gasteiger partial charge in [0.1, 0.15) is 0 Å². The van der Waals surface area contributed by atoms with Crippen molar-refractivity contribution in [2.45, 2.75) is 6.92 Å². The Bertz CT molecular complexity index is 490. The number of carbonyl (C=O) groups excluding carboxylic acids is 2. The maximum Gasteiger partial charge on any atom is 0.243 e. The van der Waals surface area contributed by atoms with Crippen molar-refractivity contribution in [2.24, 2.45) is 0 Å². The van der Waals surface area contributed by atoms with E-state index in [0.717, 1.165) is 5.56 Å². The Balaban J connectivity index is 2.48. The number of amides is 2. The van der Waals surface area contributed by atoms with Gasteiger partial charge in [-0.25, -0.2) is 4.90 Å². The minimum atomic E-state index is -0.202. The molecule has 0 saturated carbocycles. The monoisotopic (exact) mass is 333 g/mol. The van der Waals surface area contributed by atoms with E-state index in [9.17, 15) is 9.59 Å². The van der Waals surface area contributed by atoms with Gasteiger partial charge < -0.3 is 0 Å². The smallest absolute Gasteiger partial charge is 0.243 e. The van der Waals surface area contributed by atoms with Crippen molar-refractivity contribution in [3.8, 4) is 0 Å². The minimum Gasteiger partial charge on any atom is -0.273 e. The van der Waals surface area contributed by atoms with E-state index in [-0.39, 0.29) is 11.8 Å². The van der Waals surface area contributed by atoms with E-state index in [0.29, 0.717) is 26.7 Å². The Hall–Kier alpha value is -0.520. The minimum absolute atomic E-state index is 0.202. The highest BCUT2D eigenvalue weighted by molar-refractivity contribution is 9.10. The molecule has 1 fully saturated rings. The zero-order valence-electron chi connectivity index (χ0n) is 9.00. The second kappa shape index (κ2) is 5.00. The highest BCUT2D eigenvalue weighted by Crippen LogP contribution is 2.33. The number of nitrogens with zero attached hydrogens (tertiary/aromatic N) is 1. The summed E-state index contributed by atoms with van der Waals surface area (Å²) in [4.78, 5) is 24.7. The number of thioether (sulfide) groups is 1. The Kier molecular flexibility index (Phi) is 3.80. The Labute approximate surface area is 117 Å². The summed E-state index contributed by atoms with van der Waals surface area (Å²) in [5.41, 5.74) is 1.42. The molecule has 1 saturated heterocycles. The molecule has 0 unspecified atom stereocenters. The predicted octanol–water partition coefficient (Wildman–Crippen LogP) is 3.02. The predicted molar refractivity (Wildman–Crippen MR) is 73.7 cm³/mol. The highest BCUT2D eigenvalue weighted by Gasteiger charge is 2.29. The molecule has 0 radical (unpaired) electrons. The van der Waals surface area contributed by atoms with Crippen LogP contribution in [0.4, 0.5) is 5.69 Å². The van der Waals surface area contributed by atoms with Crippen molar-refractivity contribution in [3.05, 3.63) is 27.2 Å². The summed E-state index contributed by atoms with van der Waals surface area (Å²) in [7, 11) is 0. The van der Waals surface area contributed by atoms with Crippen LogP contribution in [0.25, 0.3) is 0 Å². The zero-order chi connectivity index (χ0) is 12.6. The lowest BCUT2D eigenvalue weighted by Crippen LogP contribution is -2.43. The van der Waals surface area contributed by atoms with Crippen LogP contribution < -0.4 is 4.90 Å². The van der Waals surface area contributed by atoms with Crippen molar-refractivity contribution in [1.29, 1.82) is 0 Å². The zero-order valence-corrected chi connectivity index (χ0v) is 12.2. The molecule has 2 amide bonds. The summed E-state index contributed by atoms with van der Waals surface area (Å²) in [6.07, 6.45) is 0. The summed E-state index contributed by atoms with van der Waals surface area (Å²) < 4.78 is 0.702. The molecule has 0 bridgehead atoms. The van der Waals surface area contributed by atoms with Gasteiger partial charge in [0.25, 0.3) is 0 Å². The van der Waals surface area contributed by atoms with Crippen LogP contribution in [0, 0.1) is 6.92 Å². The van der Waals surface area contributed by atoms with Crippen LogP contribution in [-0.4, -0.2) is 23.3 Å². The van der Waals surface area contributed by atoms with Crippen LogP contribution in [0.15, 0.2) is 16.6 Å². The number of hydrogen-bond donors (Lipinski definition) is 0. The molecule has 3 nitrogen and oxygen atoms in total. The van der Waals surface area contributed by atoms with Crippen molar-refractivity contribution in [1.82, 2.24) is 0 Å². The average molecular weight is 335 g/mol. The maximum atomic E-state index is 11.8. The van der Waals surface area contributed by atoms with Crippen LogP contribution in [0.2, 0.25) is 5.02 Å². The number of carbonyl (C=O) groups is 2. The number of imide groups is 1. The molecule has 1 heterocycles. The molecular weight excluding hydrogens is 326 g/mol. The number of hydrogen-bond acceptors (Lipinski definition) is 3. The summed E-state index contributed by atoms with van der Waals surface area (Å²) in [6, 6.07) is 3.45. The quantitative estimate of drug-likeness (QED) is 0.741. The van der Waals surface area contributed by atoms with E-state index in [1.807, 2.05) is 6.92 Å². The van der Waals surface area contributed by atoms with E-state index >= 15 is 0 Å². The van der Waals surface area contributed by atoms with Gasteiger partial charge in [-0.05, 0) is 40.5 Å². The molecule has 1 aromatic carbocycles. The van der Waals surface area contributed by atoms with Gasteiger partial charge in [0.05, 0.1) is 17.2 Å². The van der Waals surface area contributed by atoms with Crippen molar-refractivity contribution in [2.75, 3.05) is 16.4 Å². The first kappa shape index (κ1) is 12.9. The van der Waals surface area contributed by atoms with E-state index in [1.54, 1.807) is 12.1 Å². The Morgan fingerprint density at radius 3 is 2.47 bits per heavy atom. The van der Waals surface area contributed by atoms with Crippen molar-refractivity contribution >= 4 is 56.8 Å². The average Bonchev–Trinajstić information content (AvgIpc) is 2.25. The van der Waals surface area contributed by atoms with Crippen LogP contribution in [0.1, 0.15) is 5.56 Å². The third-order valence-electron chi connectivity index (χ3n) is 2.42. The second-order valence-electron chi connectivity index (χ2n) is 3.67. The third-order valence-corrected chi connectivity index (χ3v) is 4.36. The highest BCUT2D eigenvalue weighted by atomic mass is 79.9. The number of aryl methyl sites for hydroxylation is 1. The first-order chi connectivity index (χ1) is 8.00. The van der Waals surface area contributed by atoms with E-state index in [4.69, 9.17) is 11.6 Å². The number of rotatable bonds is 1. The molecule has 1 aliphatic rings. The van der Waals surface area contributed by atoms with E-state index < -0.39 is 0 Å². The van der Waals surface area contributed by atoms with Gasteiger partial charge in [-0.1, -0.05) is 11.6 Å². The molecule has 0 atom stereocenters. The summed E-state index contributed by atoms with van der Waals surface area (Å²) in [5.74, 6) is 0.242. The maximum absolute atomic E-state index is 11.8. The molecule has 0 N–H and O–H groups in total. The molecule has 1 aromatic rings. The lowest BCUT2D eigenvalue weighted by Gasteiger charge is -2.25. The topological polar surface area (TPSA) is 37.4 Å². The fourth-order valence-electron chi connectivity index (χ4n) is 1.57. The fraction of sp³-hybridized carbons (Fsp3) is 0.273. The van der Waals surface area contributed by atoms with E-state index in [2.05, 4.69) is 15.9 Å². The van der Waals surface area contributed by atoms with Crippen LogP contribution in [0.5, 0.6) is 0 Å². The molecular formula is C11H9BrClNO2S. The number of benzene rings is 1. The van der Waals surface area contributed by atoms with Crippen molar-refractivity contribution < 1.29 is 9.59 Å². The Morgan fingerprint density at radius 1 is 1.29 bits per heavy atom. The second-order valence-corrected chi connectivity index (χ2v) is 5.92. The first-order valence-corrected chi connectivity index (χ1v) is 7.22. The molecule has 1 aliphatic heterocycles. The first-order valence-electron chi connectivity index (χ1n) is 4.90. The lowest BCUT2D eigenvalue weighted by atomic mass is 10.2. The largest absolute Gasteiger partial charge is 0.273 e. The Morgan fingerprint density at radius 2 is 1.88 bits per heavy atom. The van der Waals surface area contributed by atoms with Crippen molar-refractivity contribution in [3.63, 3.8) is 0 Å². The third kappa shape index (κ3) is 2.51. The number of anilines is 1. The van der Waals surface area contributed by atoms with Gasteiger partial charge in [0, 0.05) is 9.50 Å². The molecule has 17 heavy (non-hydrogen) atoms. The van der Waals surface area contributed by atoms with Crippen LogP contribution in [-0.2, 0) is 9.59 Å². The van der Waals surface area contributed by atoms with Gasteiger partial charge in [0.2, 0.25) is 11.8 Å². The van der Waals surface area contributed by atoms with Gasteiger partial charge >= 0.3 is 0 Å². The van der Waals surface area contributed by atoms with Gasteiger partial charge in [-0.2, -0.15) is 0 Å². The molecule has 90 valence electrons. The van der Waals surface area contributed by atoms with Gasteiger partial charge in [0.15, 0.2) is 0 Å². The standard InChI is InChI=1S/C11H9BrClNO2S/c1-6-2-7(12)9(3-8(6)13)14-10(15)4-17-5-11(14)16/h2-3H,4-5H2,1H3. The number of halogens is 2. The normalized spacial score (nSPS) is 16.5. The van der Waals surface area contributed by atoms with Crippen LogP contribution >= 0.6 is 39.3 Å². The molecule has 0 spiro atoms. The summed E-state index contributed by atoms with van der Waals surface area (Å²) >= 11 is 10.7. The molecule has 2 rings (SSSR count). The molecule has 0 aromatic heterocycles. The summed E-state index contributed by atoms with van der Waals surface area (Å²) in [6.45, 7) is 1.87.